The van der Waals surface area contributed by atoms with Gasteiger partial charge in [-0.2, -0.15) is 0 Å². The molecule has 4 heterocycles. The van der Waals surface area contributed by atoms with E-state index in [1.807, 2.05) is 27.1 Å². The molecule has 4 rings (SSSR count). The van der Waals surface area contributed by atoms with Crippen LogP contribution >= 0.6 is 0 Å². The van der Waals surface area contributed by atoms with Crippen molar-refractivity contribution in [1.82, 2.24) is 29.8 Å². The monoisotopic (exact) mass is 393 g/mol. The fourth-order valence-electron chi connectivity index (χ4n) is 3.57. The van der Waals surface area contributed by atoms with Crippen molar-refractivity contribution in [2.75, 3.05) is 32.1 Å². The molecule has 1 atom stereocenters. The third kappa shape index (κ3) is 3.80. The Morgan fingerprint density at radius 2 is 2.03 bits per heavy atom. The van der Waals surface area contributed by atoms with Gasteiger partial charge in [0.15, 0.2) is 0 Å². The highest BCUT2D eigenvalue weighted by Crippen LogP contribution is 2.27. The number of fused-ring (bicyclic) bond motifs is 1. The molecule has 1 amide bonds. The van der Waals surface area contributed by atoms with Crippen LogP contribution in [0.3, 0.4) is 0 Å². The maximum atomic E-state index is 12.8. The lowest BCUT2D eigenvalue weighted by molar-refractivity contribution is 0.0699. The minimum atomic E-state index is -0.212. The zero-order valence-electron chi connectivity index (χ0n) is 16.7. The summed E-state index contributed by atoms with van der Waals surface area (Å²) in [5.41, 5.74) is 2.29. The van der Waals surface area contributed by atoms with Crippen LogP contribution in [0.25, 0.3) is 10.9 Å². The number of H-pyrrole nitrogens is 1. The zero-order chi connectivity index (χ0) is 20.5. The highest BCUT2D eigenvalue weighted by Gasteiger charge is 2.27. The summed E-state index contributed by atoms with van der Waals surface area (Å²) in [6.45, 7) is 3.01. The molecule has 0 radical (unpaired) electrons. The molecule has 3 aromatic rings. The number of carbonyl (C=O) groups excluding carboxylic acids is 1. The van der Waals surface area contributed by atoms with Crippen LogP contribution < -0.4 is 10.5 Å². The van der Waals surface area contributed by atoms with Gasteiger partial charge in [-0.25, -0.2) is 15.0 Å². The summed E-state index contributed by atoms with van der Waals surface area (Å²) in [5.74, 6) is 0.441. The number of nitrogens with zero attached hydrogens (tertiary/aromatic N) is 6. The Labute approximate surface area is 167 Å². The Balaban J connectivity index is 1.62. The van der Waals surface area contributed by atoms with Gasteiger partial charge in [-0.1, -0.05) is 0 Å². The number of piperidine rings is 1. The highest BCUT2D eigenvalue weighted by atomic mass is 16.2. The van der Waals surface area contributed by atoms with Crippen LogP contribution in [-0.2, 0) is 0 Å². The number of rotatable bonds is 3. The molecule has 0 unspecified atom stereocenters. The van der Waals surface area contributed by atoms with Crippen LogP contribution in [0, 0.1) is 6.92 Å². The molecule has 3 aromatic heterocycles. The van der Waals surface area contributed by atoms with Crippen molar-refractivity contribution in [2.24, 2.45) is 0 Å². The normalized spacial score (nSPS) is 16.8. The number of aryl methyl sites for hydroxylation is 1. The lowest BCUT2D eigenvalue weighted by Crippen LogP contribution is -2.40. The molecule has 0 aromatic carbocycles. The van der Waals surface area contributed by atoms with Crippen molar-refractivity contribution in [3.8, 4) is 0 Å². The molecular formula is C20H23N7O2. The zero-order valence-corrected chi connectivity index (χ0v) is 16.7. The second-order valence-corrected chi connectivity index (χ2v) is 7.55. The molecule has 1 N–H and O–H groups in total. The number of pyridine rings is 1. The summed E-state index contributed by atoms with van der Waals surface area (Å²) in [6, 6.07) is 1.90. The Morgan fingerprint density at radius 3 is 2.76 bits per heavy atom. The van der Waals surface area contributed by atoms with E-state index < -0.39 is 0 Å². The van der Waals surface area contributed by atoms with E-state index in [4.69, 9.17) is 0 Å². The van der Waals surface area contributed by atoms with Gasteiger partial charge in [-0.15, -0.1) is 0 Å². The molecule has 0 saturated carbocycles. The number of carbonyl (C=O) groups is 1. The number of hydrogen-bond acceptors (Lipinski definition) is 7. The number of amides is 1. The summed E-state index contributed by atoms with van der Waals surface area (Å²) in [4.78, 5) is 49.0. The van der Waals surface area contributed by atoms with E-state index in [1.54, 1.807) is 22.2 Å². The number of likely N-dealkylation sites (tertiary alicyclic amines) is 1. The standard InChI is InChI=1S/C20H23N7O2/c1-12-8-22-17(10-21-12)19(29)27-6-4-5-13(11-27)15-7-16-14(18(28)24-15)9-23-20(25-16)26(2)3/h7-10,13H,4-6,11H2,1-3H3,(H,24,28)/t13-/m0/s1. The fraction of sp³-hybridized carbons (Fsp3) is 0.400. The topological polar surface area (TPSA) is 108 Å². The largest absolute Gasteiger partial charge is 0.347 e. The lowest BCUT2D eigenvalue weighted by atomic mass is 9.93. The summed E-state index contributed by atoms with van der Waals surface area (Å²) in [7, 11) is 3.71. The van der Waals surface area contributed by atoms with Crippen molar-refractivity contribution >= 4 is 22.8 Å². The molecule has 9 heteroatoms. The third-order valence-corrected chi connectivity index (χ3v) is 5.15. The smallest absolute Gasteiger partial charge is 0.274 e. The Morgan fingerprint density at radius 1 is 1.21 bits per heavy atom. The molecule has 0 aliphatic carbocycles. The Bertz CT molecular complexity index is 1110. The molecule has 150 valence electrons. The van der Waals surface area contributed by atoms with Crippen molar-refractivity contribution in [1.29, 1.82) is 0 Å². The summed E-state index contributed by atoms with van der Waals surface area (Å²) >= 11 is 0. The average Bonchev–Trinajstić information content (AvgIpc) is 2.73. The molecule has 0 bridgehead atoms. The van der Waals surface area contributed by atoms with Gasteiger partial charge in [0.25, 0.3) is 11.5 Å². The minimum Gasteiger partial charge on any atom is -0.347 e. The van der Waals surface area contributed by atoms with E-state index in [2.05, 4.69) is 24.9 Å². The fourth-order valence-corrected chi connectivity index (χ4v) is 3.57. The van der Waals surface area contributed by atoms with E-state index in [9.17, 15) is 9.59 Å². The van der Waals surface area contributed by atoms with E-state index in [0.29, 0.717) is 35.6 Å². The number of hydrogen-bond donors (Lipinski definition) is 1. The van der Waals surface area contributed by atoms with Crippen LogP contribution in [0.2, 0.25) is 0 Å². The predicted molar refractivity (Wildman–Crippen MR) is 109 cm³/mol. The lowest BCUT2D eigenvalue weighted by Gasteiger charge is -2.32. The van der Waals surface area contributed by atoms with E-state index >= 15 is 0 Å². The van der Waals surface area contributed by atoms with Crippen molar-refractivity contribution in [2.45, 2.75) is 25.7 Å². The van der Waals surface area contributed by atoms with Crippen LogP contribution in [0.15, 0.2) is 29.5 Å². The number of aromatic amines is 1. The molecule has 0 spiro atoms. The van der Waals surface area contributed by atoms with Crippen molar-refractivity contribution in [3.05, 3.63) is 52.1 Å². The SMILES string of the molecule is Cc1cnc(C(=O)N2CCC[C@H](c3cc4nc(N(C)C)ncc4c(=O)[nH]3)C2)cn1. The minimum absolute atomic E-state index is 0.0287. The first-order chi connectivity index (χ1) is 13.9. The first-order valence-electron chi connectivity index (χ1n) is 9.57. The van der Waals surface area contributed by atoms with Crippen LogP contribution in [0.4, 0.5) is 5.95 Å². The van der Waals surface area contributed by atoms with E-state index in [0.717, 1.165) is 24.2 Å². The van der Waals surface area contributed by atoms with Gasteiger partial charge in [0, 0.05) is 51.2 Å². The van der Waals surface area contributed by atoms with Gasteiger partial charge in [-0.05, 0) is 25.8 Å². The van der Waals surface area contributed by atoms with E-state index in [-0.39, 0.29) is 17.4 Å². The van der Waals surface area contributed by atoms with E-state index in [1.165, 1.54) is 6.20 Å². The quantitative estimate of drug-likeness (QED) is 0.718. The van der Waals surface area contributed by atoms with Gasteiger partial charge in [-0.3, -0.25) is 14.6 Å². The number of aromatic nitrogens is 5. The summed E-state index contributed by atoms with van der Waals surface area (Å²) in [6.07, 6.45) is 6.39. The highest BCUT2D eigenvalue weighted by molar-refractivity contribution is 5.92. The summed E-state index contributed by atoms with van der Waals surface area (Å²) < 4.78 is 0. The van der Waals surface area contributed by atoms with Gasteiger partial charge in [0.05, 0.1) is 22.8 Å². The second-order valence-electron chi connectivity index (χ2n) is 7.55. The third-order valence-electron chi connectivity index (χ3n) is 5.15. The molecule has 1 fully saturated rings. The maximum absolute atomic E-state index is 12.8. The molecule has 29 heavy (non-hydrogen) atoms. The first-order valence-corrected chi connectivity index (χ1v) is 9.57. The molecule has 1 saturated heterocycles. The molecule has 1 aliphatic rings. The van der Waals surface area contributed by atoms with Gasteiger partial charge < -0.3 is 14.8 Å². The predicted octanol–water partition coefficient (Wildman–Crippen LogP) is 1.50. The van der Waals surface area contributed by atoms with Gasteiger partial charge in [0.1, 0.15) is 5.69 Å². The number of nitrogens with one attached hydrogen (secondary N) is 1. The molecule has 1 aliphatic heterocycles. The maximum Gasteiger partial charge on any atom is 0.274 e. The first kappa shape index (κ1) is 19.0. The van der Waals surface area contributed by atoms with Crippen LogP contribution in [-0.4, -0.2) is 62.9 Å². The second kappa shape index (κ2) is 7.57. The Hall–Kier alpha value is -3.36. The average molecular weight is 393 g/mol. The number of anilines is 1. The van der Waals surface area contributed by atoms with Gasteiger partial charge in [0.2, 0.25) is 5.95 Å². The van der Waals surface area contributed by atoms with Crippen LogP contribution in [0.1, 0.15) is 40.6 Å². The molecule has 9 nitrogen and oxygen atoms in total. The summed E-state index contributed by atoms with van der Waals surface area (Å²) in [5, 5.41) is 0.457. The Kier molecular flexibility index (Phi) is 4.96. The molecular weight excluding hydrogens is 370 g/mol. The van der Waals surface area contributed by atoms with Crippen LogP contribution in [0.5, 0.6) is 0 Å². The van der Waals surface area contributed by atoms with Crippen molar-refractivity contribution < 1.29 is 4.79 Å². The van der Waals surface area contributed by atoms with Gasteiger partial charge >= 0.3 is 0 Å². The van der Waals surface area contributed by atoms with Crippen molar-refractivity contribution in [3.63, 3.8) is 0 Å².